The molecule has 0 atom stereocenters. The lowest BCUT2D eigenvalue weighted by Crippen LogP contribution is -2.33. The third kappa shape index (κ3) is 4.96. The lowest BCUT2D eigenvalue weighted by molar-refractivity contribution is -0.134. The van der Waals surface area contributed by atoms with Crippen molar-refractivity contribution in [3.63, 3.8) is 0 Å². The van der Waals surface area contributed by atoms with Crippen molar-refractivity contribution in [2.45, 2.75) is 13.5 Å². The second kappa shape index (κ2) is 8.83. The largest absolute Gasteiger partial charge is 0.452 e. The SMILES string of the molecule is CCN(Cc1ccc(Cl)s1)C(=O)COC(=O)c1ccc(-n2cccn2)cc1. The Balaban J connectivity index is 1.55. The van der Waals surface area contributed by atoms with E-state index in [4.69, 9.17) is 16.3 Å². The highest BCUT2D eigenvalue weighted by Crippen LogP contribution is 2.22. The molecule has 2 heterocycles. The molecular formula is C19H18ClN3O3S. The summed E-state index contributed by atoms with van der Waals surface area (Å²) in [4.78, 5) is 27.1. The van der Waals surface area contributed by atoms with E-state index in [1.54, 1.807) is 46.1 Å². The molecule has 0 N–H and O–H groups in total. The summed E-state index contributed by atoms with van der Waals surface area (Å²) in [6.07, 6.45) is 3.49. The van der Waals surface area contributed by atoms with Crippen molar-refractivity contribution in [3.05, 3.63) is 69.6 Å². The van der Waals surface area contributed by atoms with Gasteiger partial charge in [0.15, 0.2) is 6.61 Å². The number of hydrogen-bond donors (Lipinski definition) is 0. The van der Waals surface area contributed by atoms with Gasteiger partial charge in [-0.2, -0.15) is 5.10 Å². The number of benzene rings is 1. The van der Waals surface area contributed by atoms with Crippen LogP contribution in [0.2, 0.25) is 4.34 Å². The summed E-state index contributed by atoms with van der Waals surface area (Å²) in [5, 5.41) is 4.13. The van der Waals surface area contributed by atoms with E-state index in [0.717, 1.165) is 10.6 Å². The van der Waals surface area contributed by atoms with E-state index in [2.05, 4.69) is 5.10 Å². The average Bonchev–Trinajstić information content (AvgIpc) is 3.36. The highest BCUT2D eigenvalue weighted by molar-refractivity contribution is 7.16. The number of aromatic nitrogens is 2. The smallest absolute Gasteiger partial charge is 0.338 e. The number of esters is 1. The Morgan fingerprint density at radius 3 is 2.59 bits per heavy atom. The van der Waals surface area contributed by atoms with Crippen LogP contribution in [-0.4, -0.2) is 39.7 Å². The van der Waals surface area contributed by atoms with E-state index in [1.807, 2.05) is 25.3 Å². The monoisotopic (exact) mass is 403 g/mol. The van der Waals surface area contributed by atoms with Crippen molar-refractivity contribution >= 4 is 34.8 Å². The van der Waals surface area contributed by atoms with Gasteiger partial charge < -0.3 is 9.64 Å². The van der Waals surface area contributed by atoms with Crippen molar-refractivity contribution in [2.24, 2.45) is 0 Å². The Hall–Kier alpha value is -2.64. The minimum Gasteiger partial charge on any atom is -0.452 e. The molecule has 0 saturated carbocycles. The van der Waals surface area contributed by atoms with Crippen molar-refractivity contribution in [3.8, 4) is 5.69 Å². The Morgan fingerprint density at radius 1 is 1.22 bits per heavy atom. The molecule has 140 valence electrons. The minimum absolute atomic E-state index is 0.247. The molecule has 8 heteroatoms. The molecule has 0 bridgehead atoms. The standard InChI is InChI=1S/C19H18ClN3O3S/c1-2-22(12-16-8-9-17(20)27-16)18(24)13-26-19(25)14-4-6-15(7-5-14)23-11-3-10-21-23/h3-11H,2,12-13H2,1H3. The van der Waals surface area contributed by atoms with Crippen LogP contribution >= 0.6 is 22.9 Å². The van der Waals surface area contributed by atoms with E-state index in [1.165, 1.54) is 11.3 Å². The maximum absolute atomic E-state index is 12.3. The van der Waals surface area contributed by atoms with Crippen molar-refractivity contribution < 1.29 is 14.3 Å². The van der Waals surface area contributed by atoms with Gasteiger partial charge in [0.1, 0.15) is 0 Å². The molecule has 0 aliphatic rings. The predicted molar refractivity (Wildman–Crippen MR) is 104 cm³/mol. The van der Waals surface area contributed by atoms with Gasteiger partial charge in [0.25, 0.3) is 5.91 Å². The molecule has 1 amide bonds. The number of halogens is 1. The van der Waals surface area contributed by atoms with Crippen LogP contribution in [0.3, 0.4) is 0 Å². The van der Waals surface area contributed by atoms with Gasteiger partial charge in [-0.15, -0.1) is 11.3 Å². The fraction of sp³-hybridized carbons (Fsp3) is 0.211. The van der Waals surface area contributed by atoms with Gasteiger partial charge >= 0.3 is 5.97 Å². The summed E-state index contributed by atoms with van der Waals surface area (Å²) < 4.78 is 7.54. The normalized spacial score (nSPS) is 10.6. The molecule has 0 fully saturated rings. The molecule has 2 aromatic heterocycles. The first kappa shape index (κ1) is 19.1. The first-order valence-electron chi connectivity index (χ1n) is 8.36. The number of likely N-dealkylation sites (N-methyl/N-ethyl adjacent to an activating group) is 1. The maximum Gasteiger partial charge on any atom is 0.338 e. The van der Waals surface area contributed by atoms with Crippen LogP contribution in [0, 0.1) is 0 Å². The molecule has 0 radical (unpaired) electrons. The van der Waals surface area contributed by atoms with Crippen LogP contribution in [0.5, 0.6) is 0 Å². The molecule has 3 aromatic rings. The van der Waals surface area contributed by atoms with Crippen LogP contribution in [0.4, 0.5) is 0 Å². The van der Waals surface area contributed by atoms with Gasteiger partial charge in [0.05, 0.1) is 22.1 Å². The van der Waals surface area contributed by atoms with Gasteiger partial charge in [-0.05, 0) is 49.4 Å². The first-order valence-corrected chi connectivity index (χ1v) is 9.55. The van der Waals surface area contributed by atoms with Crippen molar-refractivity contribution in [1.29, 1.82) is 0 Å². The number of nitrogens with zero attached hydrogens (tertiary/aromatic N) is 3. The summed E-state index contributed by atoms with van der Waals surface area (Å²) in [6.45, 7) is 2.54. The third-order valence-corrected chi connectivity index (χ3v) is 5.12. The summed E-state index contributed by atoms with van der Waals surface area (Å²) >= 11 is 7.35. The van der Waals surface area contributed by atoms with Gasteiger partial charge in [-0.1, -0.05) is 11.6 Å². The predicted octanol–water partition coefficient (Wildman–Crippen LogP) is 3.79. The average molecular weight is 404 g/mol. The first-order chi connectivity index (χ1) is 13.1. The Labute approximate surface area is 165 Å². The molecule has 0 spiro atoms. The number of hydrogen-bond acceptors (Lipinski definition) is 5. The highest BCUT2D eigenvalue weighted by Gasteiger charge is 2.16. The van der Waals surface area contributed by atoms with E-state index in [9.17, 15) is 9.59 Å². The molecular weight excluding hydrogens is 386 g/mol. The topological polar surface area (TPSA) is 64.4 Å². The van der Waals surface area contributed by atoms with Crippen molar-refractivity contribution in [2.75, 3.05) is 13.2 Å². The summed E-state index contributed by atoms with van der Waals surface area (Å²) in [7, 11) is 0. The van der Waals surface area contributed by atoms with Gasteiger partial charge in [-0.3, -0.25) is 4.79 Å². The molecule has 0 unspecified atom stereocenters. The molecule has 0 saturated heterocycles. The number of amides is 1. The van der Waals surface area contributed by atoms with Crippen LogP contribution in [0.25, 0.3) is 5.69 Å². The zero-order valence-electron chi connectivity index (χ0n) is 14.7. The molecule has 1 aromatic carbocycles. The van der Waals surface area contributed by atoms with E-state index < -0.39 is 5.97 Å². The van der Waals surface area contributed by atoms with Crippen LogP contribution in [0.15, 0.2) is 54.9 Å². The van der Waals surface area contributed by atoms with Crippen LogP contribution in [0.1, 0.15) is 22.2 Å². The molecule has 0 aliphatic heterocycles. The van der Waals surface area contributed by atoms with E-state index in [-0.39, 0.29) is 12.5 Å². The maximum atomic E-state index is 12.3. The number of carbonyl (C=O) groups is 2. The number of ether oxygens (including phenoxy) is 1. The number of thiophene rings is 1. The van der Waals surface area contributed by atoms with E-state index in [0.29, 0.717) is 23.0 Å². The fourth-order valence-electron chi connectivity index (χ4n) is 2.47. The summed E-state index contributed by atoms with van der Waals surface area (Å²) in [5.41, 5.74) is 1.21. The van der Waals surface area contributed by atoms with Gasteiger partial charge in [-0.25, -0.2) is 9.48 Å². The van der Waals surface area contributed by atoms with Crippen LogP contribution < -0.4 is 0 Å². The fourth-order valence-corrected chi connectivity index (χ4v) is 3.58. The Morgan fingerprint density at radius 2 is 2.00 bits per heavy atom. The molecule has 27 heavy (non-hydrogen) atoms. The molecule has 3 rings (SSSR count). The summed E-state index contributed by atoms with van der Waals surface area (Å²) in [6, 6.07) is 12.3. The lowest BCUT2D eigenvalue weighted by atomic mass is 10.2. The second-order valence-corrected chi connectivity index (χ2v) is 7.49. The minimum atomic E-state index is -0.536. The second-order valence-electron chi connectivity index (χ2n) is 5.69. The Bertz CT molecular complexity index is 907. The number of carbonyl (C=O) groups excluding carboxylic acids is 2. The third-order valence-electron chi connectivity index (χ3n) is 3.91. The molecule has 6 nitrogen and oxygen atoms in total. The highest BCUT2D eigenvalue weighted by atomic mass is 35.5. The molecule has 0 aliphatic carbocycles. The van der Waals surface area contributed by atoms with Crippen LogP contribution in [-0.2, 0) is 16.1 Å². The Kier molecular flexibility index (Phi) is 6.26. The summed E-state index contributed by atoms with van der Waals surface area (Å²) in [5.74, 6) is -0.783. The van der Waals surface area contributed by atoms with Crippen molar-refractivity contribution in [1.82, 2.24) is 14.7 Å². The van der Waals surface area contributed by atoms with E-state index >= 15 is 0 Å². The lowest BCUT2D eigenvalue weighted by Gasteiger charge is -2.20. The zero-order valence-corrected chi connectivity index (χ0v) is 16.2. The van der Waals surface area contributed by atoms with Gasteiger partial charge in [0.2, 0.25) is 0 Å². The number of rotatable bonds is 7. The van der Waals surface area contributed by atoms with Gasteiger partial charge in [0, 0.05) is 23.8 Å². The quantitative estimate of drug-likeness (QED) is 0.563. The zero-order chi connectivity index (χ0) is 19.2.